The lowest BCUT2D eigenvalue weighted by Gasteiger charge is -2.19. The minimum absolute atomic E-state index is 0.115. The topological polar surface area (TPSA) is 70.4 Å². The van der Waals surface area contributed by atoms with Gasteiger partial charge in [-0.3, -0.25) is 5.32 Å². The highest BCUT2D eigenvalue weighted by Gasteiger charge is 2.17. The summed E-state index contributed by atoms with van der Waals surface area (Å²) in [7, 11) is 0. The van der Waals surface area contributed by atoms with E-state index in [4.69, 9.17) is 4.52 Å². The van der Waals surface area contributed by atoms with E-state index in [1.165, 1.54) is 0 Å². The van der Waals surface area contributed by atoms with Crippen molar-refractivity contribution in [3.05, 3.63) is 11.8 Å². The summed E-state index contributed by atoms with van der Waals surface area (Å²) in [5, 5.41) is 10.0. The first-order chi connectivity index (χ1) is 9.20. The molecule has 106 valence electrons. The van der Waals surface area contributed by atoms with Gasteiger partial charge in [0.05, 0.1) is 5.69 Å². The third kappa shape index (κ3) is 3.70. The van der Waals surface area contributed by atoms with Gasteiger partial charge in [-0.2, -0.15) is 0 Å². The number of hydrogen-bond donors (Lipinski definition) is 2. The van der Waals surface area contributed by atoms with E-state index in [0.717, 1.165) is 44.7 Å². The number of carbonyl (C=O) groups excluding carboxylic acids is 1. The second-order valence-electron chi connectivity index (χ2n) is 4.95. The van der Waals surface area contributed by atoms with Crippen molar-refractivity contribution in [3.63, 3.8) is 0 Å². The molecule has 2 N–H and O–H groups in total. The lowest BCUT2D eigenvalue weighted by atomic mass is 10.1. The fourth-order valence-corrected chi connectivity index (χ4v) is 2.02. The third-order valence-electron chi connectivity index (χ3n) is 3.50. The van der Waals surface area contributed by atoms with Crippen LogP contribution in [0.15, 0.2) is 10.6 Å². The van der Waals surface area contributed by atoms with Gasteiger partial charge < -0.3 is 14.7 Å². The zero-order valence-corrected chi connectivity index (χ0v) is 11.6. The largest absolute Gasteiger partial charge is 0.338 e. The van der Waals surface area contributed by atoms with Crippen LogP contribution in [-0.2, 0) is 0 Å². The molecule has 1 aromatic heterocycles. The second kappa shape index (κ2) is 6.56. The molecule has 6 heteroatoms. The molecule has 19 heavy (non-hydrogen) atoms. The van der Waals surface area contributed by atoms with E-state index in [0.29, 0.717) is 11.8 Å². The zero-order valence-electron chi connectivity index (χ0n) is 11.6. The lowest BCUT2D eigenvalue weighted by Crippen LogP contribution is -2.37. The van der Waals surface area contributed by atoms with Crippen molar-refractivity contribution in [2.45, 2.75) is 32.6 Å². The van der Waals surface area contributed by atoms with Gasteiger partial charge in [0, 0.05) is 31.6 Å². The van der Waals surface area contributed by atoms with E-state index in [1.807, 2.05) is 6.07 Å². The molecule has 1 atom stereocenters. The Morgan fingerprint density at radius 2 is 2.42 bits per heavy atom. The Morgan fingerprint density at radius 3 is 3.21 bits per heavy atom. The average Bonchev–Trinajstić information content (AvgIpc) is 2.71. The second-order valence-corrected chi connectivity index (χ2v) is 4.95. The summed E-state index contributed by atoms with van der Waals surface area (Å²) in [6.07, 6.45) is 1.97. The predicted octanol–water partition coefficient (Wildman–Crippen LogP) is 2.02. The van der Waals surface area contributed by atoms with Crippen molar-refractivity contribution < 1.29 is 9.32 Å². The summed E-state index contributed by atoms with van der Waals surface area (Å²) in [5.74, 6) is 0.772. The van der Waals surface area contributed by atoms with E-state index < -0.39 is 0 Å². The first kappa shape index (κ1) is 13.9. The van der Waals surface area contributed by atoms with Gasteiger partial charge in [-0.25, -0.2) is 4.79 Å². The zero-order chi connectivity index (χ0) is 13.7. The molecule has 1 aliphatic rings. The van der Waals surface area contributed by atoms with Crippen molar-refractivity contribution in [2.24, 2.45) is 0 Å². The van der Waals surface area contributed by atoms with E-state index in [1.54, 1.807) is 4.90 Å². The van der Waals surface area contributed by atoms with E-state index in [2.05, 4.69) is 29.6 Å². The number of nitrogens with one attached hydrogen (secondary N) is 2. The minimum atomic E-state index is -0.115. The smallest absolute Gasteiger partial charge is 0.324 e. The molecule has 1 saturated heterocycles. The van der Waals surface area contributed by atoms with Crippen LogP contribution in [0.4, 0.5) is 10.7 Å². The Balaban J connectivity index is 1.92. The standard InChI is InChI=1S/C13H22N4O2/c1-3-10(2)11-9-12(19-16-11)15-13(18)17-7-4-5-14-6-8-17/h9-10,14H,3-8H2,1-2H3,(H,15,18). The highest BCUT2D eigenvalue weighted by atomic mass is 16.5. The predicted molar refractivity (Wildman–Crippen MR) is 73.3 cm³/mol. The van der Waals surface area contributed by atoms with Crippen LogP contribution in [-0.4, -0.2) is 42.3 Å². The highest BCUT2D eigenvalue weighted by Crippen LogP contribution is 2.20. The molecule has 2 heterocycles. The molecule has 1 unspecified atom stereocenters. The van der Waals surface area contributed by atoms with Crippen LogP contribution in [0.5, 0.6) is 0 Å². The lowest BCUT2D eigenvalue weighted by molar-refractivity contribution is 0.214. The fraction of sp³-hybridized carbons (Fsp3) is 0.692. The number of hydrogen-bond acceptors (Lipinski definition) is 4. The molecular weight excluding hydrogens is 244 g/mol. The number of nitrogens with zero attached hydrogens (tertiary/aromatic N) is 2. The van der Waals surface area contributed by atoms with Crippen molar-refractivity contribution in [1.82, 2.24) is 15.4 Å². The van der Waals surface area contributed by atoms with Gasteiger partial charge in [0.1, 0.15) is 0 Å². The quantitative estimate of drug-likeness (QED) is 0.878. The molecular formula is C13H22N4O2. The first-order valence-electron chi connectivity index (χ1n) is 6.94. The first-order valence-corrected chi connectivity index (χ1v) is 6.94. The molecule has 2 rings (SSSR count). The normalized spacial score (nSPS) is 17.9. The number of carbonyl (C=O) groups is 1. The Kier molecular flexibility index (Phi) is 4.79. The maximum Gasteiger partial charge on any atom is 0.324 e. The van der Waals surface area contributed by atoms with Crippen LogP contribution in [0.1, 0.15) is 38.3 Å². The summed E-state index contributed by atoms with van der Waals surface area (Å²) in [6.45, 7) is 7.47. The molecule has 0 aliphatic carbocycles. The third-order valence-corrected chi connectivity index (χ3v) is 3.50. The summed E-state index contributed by atoms with van der Waals surface area (Å²) in [6, 6.07) is 1.69. The summed E-state index contributed by atoms with van der Waals surface area (Å²) >= 11 is 0. The Labute approximate surface area is 113 Å². The van der Waals surface area contributed by atoms with Gasteiger partial charge in [-0.05, 0) is 19.4 Å². The van der Waals surface area contributed by atoms with Gasteiger partial charge >= 0.3 is 6.03 Å². The van der Waals surface area contributed by atoms with Crippen LogP contribution in [0.3, 0.4) is 0 Å². The Bertz CT molecular complexity index is 411. The number of amides is 2. The van der Waals surface area contributed by atoms with E-state index in [-0.39, 0.29) is 6.03 Å². The molecule has 0 bridgehead atoms. The number of rotatable bonds is 3. The SMILES string of the molecule is CCC(C)c1cc(NC(=O)N2CCCNCC2)on1. The van der Waals surface area contributed by atoms with Gasteiger partial charge in [0.15, 0.2) is 0 Å². The highest BCUT2D eigenvalue weighted by molar-refractivity contribution is 5.87. The van der Waals surface area contributed by atoms with Crippen LogP contribution in [0.2, 0.25) is 0 Å². The van der Waals surface area contributed by atoms with Crippen molar-refractivity contribution in [2.75, 3.05) is 31.5 Å². The monoisotopic (exact) mass is 266 g/mol. The van der Waals surface area contributed by atoms with Crippen LogP contribution in [0.25, 0.3) is 0 Å². The average molecular weight is 266 g/mol. The van der Waals surface area contributed by atoms with Crippen molar-refractivity contribution >= 4 is 11.9 Å². The minimum Gasteiger partial charge on any atom is -0.338 e. The molecule has 0 aromatic carbocycles. The van der Waals surface area contributed by atoms with Crippen molar-refractivity contribution in [1.29, 1.82) is 0 Å². The van der Waals surface area contributed by atoms with Gasteiger partial charge in [0.2, 0.25) is 5.88 Å². The van der Waals surface area contributed by atoms with Gasteiger partial charge in [0.25, 0.3) is 0 Å². The van der Waals surface area contributed by atoms with Crippen LogP contribution in [0, 0.1) is 0 Å². The number of anilines is 1. The molecule has 2 amide bonds. The summed E-state index contributed by atoms with van der Waals surface area (Å²) in [5.41, 5.74) is 0.885. The van der Waals surface area contributed by atoms with Crippen LogP contribution < -0.4 is 10.6 Å². The molecule has 1 aromatic rings. The molecule has 1 fully saturated rings. The molecule has 0 radical (unpaired) electrons. The molecule has 0 saturated carbocycles. The summed E-state index contributed by atoms with van der Waals surface area (Å²) in [4.78, 5) is 13.9. The molecule has 1 aliphatic heterocycles. The molecule has 6 nitrogen and oxygen atoms in total. The number of urea groups is 1. The Morgan fingerprint density at radius 1 is 1.58 bits per heavy atom. The Hall–Kier alpha value is -1.56. The van der Waals surface area contributed by atoms with Crippen molar-refractivity contribution in [3.8, 4) is 0 Å². The van der Waals surface area contributed by atoms with E-state index >= 15 is 0 Å². The fourth-order valence-electron chi connectivity index (χ4n) is 2.02. The summed E-state index contributed by atoms with van der Waals surface area (Å²) < 4.78 is 5.16. The van der Waals surface area contributed by atoms with E-state index in [9.17, 15) is 4.79 Å². The van der Waals surface area contributed by atoms with Crippen LogP contribution >= 0.6 is 0 Å². The van der Waals surface area contributed by atoms with Gasteiger partial charge in [-0.15, -0.1) is 0 Å². The maximum absolute atomic E-state index is 12.1. The maximum atomic E-state index is 12.1. The number of aromatic nitrogens is 1. The molecule has 0 spiro atoms. The van der Waals surface area contributed by atoms with Gasteiger partial charge in [-0.1, -0.05) is 19.0 Å².